The van der Waals surface area contributed by atoms with E-state index in [1.54, 1.807) is 13.2 Å². The molecule has 4 heteroatoms. The van der Waals surface area contributed by atoms with Crippen LogP contribution in [0.25, 0.3) is 6.08 Å². The van der Waals surface area contributed by atoms with Crippen LogP contribution in [0.2, 0.25) is 0 Å². The van der Waals surface area contributed by atoms with Gasteiger partial charge in [0.25, 0.3) is 0 Å². The fourth-order valence-corrected chi connectivity index (χ4v) is 2.62. The van der Waals surface area contributed by atoms with Gasteiger partial charge in [-0.1, -0.05) is 12.1 Å². The summed E-state index contributed by atoms with van der Waals surface area (Å²) in [5.41, 5.74) is 0.946. The van der Waals surface area contributed by atoms with Crippen LogP contribution in [0.1, 0.15) is 25.3 Å². The zero-order valence-electron chi connectivity index (χ0n) is 12.7. The minimum absolute atomic E-state index is 0.0295. The molecule has 0 saturated carbocycles. The van der Waals surface area contributed by atoms with E-state index in [4.69, 9.17) is 4.74 Å². The molecule has 1 unspecified atom stereocenters. The van der Waals surface area contributed by atoms with Gasteiger partial charge in [0.15, 0.2) is 0 Å². The Morgan fingerprint density at radius 3 is 2.76 bits per heavy atom. The Kier molecular flexibility index (Phi) is 5.39. The predicted octanol–water partition coefficient (Wildman–Crippen LogP) is 2.33. The molecule has 114 valence electrons. The van der Waals surface area contributed by atoms with Crippen LogP contribution in [-0.2, 0) is 4.79 Å². The Morgan fingerprint density at radius 1 is 1.43 bits per heavy atom. The minimum atomic E-state index is -0.283. The molecule has 1 saturated heterocycles. The number of carbonyl (C=O) groups excluding carboxylic acids is 1. The van der Waals surface area contributed by atoms with Gasteiger partial charge in [-0.3, -0.25) is 4.79 Å². The molecule has 2 rings (SSSR count). The molecular weight excluding hydrogens is 266 g/mol. The third-order valence-corrected chi connectivity index (χ3v) is 4.05. The normalized spacial score (nSPS) is 18.0. The van der Waals surface area contributed by atoms with E-state index in [2.05, 4.69) is 0 Å². The van der Waals surface area contributed by atoms with Crippen molar-refractivity contribution in [3.63, 3.8) is 0 Å². The molecule has 1 aliphatic rings. The number of benzene rings is 1. The lowest BCUT2D eigenvalue weighted by atomic mass is 9.92. The summed E-state index contributed by atoms with van der Waals surface area (Å²) in [7, 11) is 1.63. The van der Waals surface area contributed by atoms with Crippen molar-refractivity contribution in [3.05, 3.63) is 35.9 Å². The molecule has 0 aliphatic carbocycles. The van der Waals surface area contributed by atoms with Crippen molar-refractivity contribution >= 4 is 12.0 Å². The largest absolute Gasteiger partial charge is 0.497 e. The number of carbonyl (C=O) groups is 1. The summed E-state index contributed by atoms with van der Waals surface area (Å²) in [6, 6.07) is 7.60. The summed E-state index contributed by atoms with van der Waals surface area (Å²) in [6.07, 6.45) is 4.88. The fraction of sp³-hybridized carbons (Fsp3) is 0.471. The summed E-state index contributed by atoms with van der Waals surface area (Å²) >= 11 is 0. The van der Waals surface area contributed by atoms with E-state index in [1.807, 2.05) is 42.2 Å². The van der Waals surface area contributed by atoms with E-state index in [1.165, 1.54) is 0 Å². The van der Waals surface area contributed by atoms with Crippen LogP contribution in [0.5, 0.6) is 5.75 Å². The van der Waals surface area contributed by atoms with Crippen molar-refractivity contribution in [2.45, 2.75) is 25.9 Å². The molecule has 1 amide bonds. The summed E-state index contributed by atoms with van der Waals surface area (Å²) in [5.74, 6) is 1.13. The Balaban J connectivity index is 1.91. The Hall–Kier alpha value is -1.81. The lowest BCUT2D eigenvalue weighted by Gasteiger charge is -2.32. The smallest absolute Gasteiger partial charge is 0.246 e. The lowest BCUT2D eigenvalue weighted by molar-refractivity contribution is -0.127. The maximum atomic E-state index is 12.1. The van der Waals surface area contributed by atoms with Gasteiger partial charge in [0, 0.05) is 19.2 Å². The molecule has 1 N–H and O–H groups in total. The number of piperidine rings is 1. The van der Waals surface area contributed by atoms with Crippen molar-refractivity contribution in [2.24, 2.45) is 5.92 Å². The number of nitrogens with zero attached hydrogens (tertiary/aromatic N) is 1. The van der Waals surface area contributed by atoms with Crippen LogP contribution < -0.4 is 4.74 Å². The summed E-state index contributed by atoms with van der Waals surface area (Å²) in [6.45, 7) is 3.26. The highest BCUT2D eigenvalue weighted by Crippen LogP contribution is 2.21. The molecule has 0 bridgehead atoms. The first-order chi connectivity index (χ1) is 10.1. The monoisotopic (exact) mass is 289 g/mol. The zero-order chi connectivity index (χ0) is 15.2. The van der Waals surface area contributed by atoms with Gasteiger partial charge >= 0.3 is 0 Å². The third-order valence-electron chi connectivity index (χ3n) is 4.05. The SMILES string of the molecule is COc1cccc(C=CC(=O)N2CCC(C(C)O)CC2)c1. The van der Waals surface area contributed by atoms with Crippen LogP contribution in [0.15, 0.2) is 30.3 Å². The van der Waals surface area contributed by atoms with E-state index in [9.17, 15) is 9.90 Å². The number of aliphatic hydroxyl groups is 1. The minimum Gasteiger partial charge on any atom is -0.497 e. The number of hydrogen-bond acceptors (Lipinski definition) is 3. The number of amides is 1. The average Bonchev–Trinajstić information content (AvgIpc) is 2.53. The van der Waals surface area contributed by atoms with Crippen LogP contribution in [-0.4, -0.2) is 42.2 Å². The maximum Gasteiger partial charge on any atom is 0.246 e. The second-order valence-electron chi connectivity index (χ2n) is 5.51. The second kappa shape index (κ2) is 7.27. The molecule has 0 radical (unpaired) electrons. The van der Waals surface area contributed by atoms with Crippen molar-refractivity contribution < 1.29 is 14.6 Å². The van der Waals surface area contributed by atoms with Gasteiger partial charge in [-0.05, 0) is 49.5 Å². The highest BCUT2D eigenvalue weighted by Gasteiger charge is 2.24. The molecule has 21 heavy (non-hydrogen) atoms. The molecule has 1 aromatic carbocycles. The standard InChI is InChI=1S/C17H23NO3/c1-13(19)15-8-10-18(11-9-15)17(20)7-6-14-4-3-5-16(12-14)21-2/h3-7,12-13,15,19H,8-11H2,1-2H3. The first-order valence-electron chi connectivity index (χ1n) is 7.39. The van der Waals surface area contributed by atoms with E-state index < -0.39 is 0 Å². The summed E-state index contributed by atoms with van der Waals surface area (Å²) < 4.78 is 5.16. The van der Waals surface area contributed by atoms with Crippen molar-refractivity contribution in [2.75, 3.05) is 20.2 Å². The second-order valence-corrected chi connectivity index (χ2v) is 5.51. The van der Waals surface area contributed by atoms with E-state index in [0.717, 1.165) is 37.2 Å². The molecule has 0 spiro atoms. The van der Waals surface area contributed by atoms with Gasteiger partial charge in [0.05, 0.1) is 13.2 Å². The molecule has 1 aromatic rings. The van der Waals surface area contributed by atoms with Gasteiger partial charge in [-0.15, -0.1) is 0 Å². The van der Waals surface area contributed by atoms with Gasteiger partial charge in [-0.2, -0.15) is 0 Å². The van der Waals surface area contributed by atoms with Crippen LogP contribution in [0.4, 0.5) is 0 Å². The van der Waals surface area contributed by atoms with Gasteiger partial charge in [-0.25, -0.2) is 0 Å². The third kappa shape index (κ3) is 4.33. The topological polar surface area (TPSA) is 49.8 Å². The molecule has 1 aliphatic heterocycles. The number of aliphatic hydroxyl groups excluding tert-OH is 1. The molecule has 4 nitrogen and oxygen atoms in total. The first-order valence-corrected chi connectivity index (χ1v) is 7.39. The summed E-state index contributed by atoms with van der Waals surface area (Å²) in [4.78, 5) is 14.0. The van der Waals surface area contributed by atoms with Gasteiger partial charge in [0.1, 0.15) is 5.75 Å². The Bertz CT molecular complexity index is 503. The molecule has 1 fully saturated rings. The lowest BCUT2D eigenvalue weighted by Crippen LogP contribution is -2.39. The first kappa shape index (κ1) is 15.6. The van der Waals surface area contributed by atoms with E-state index in [0.29, 0.717) is 5.92 Å². The zero-order valence-corrected chi connectivity index (χ0v) is 12.7. The van der Waals surface area contributed by atoms with Crippen molar-refractivity contribution in [3.8, 4) is 5.75 Å². The number of likely N-dealkylation sites (tertiary alicyclic amines) is 1. The molecule has 1 heterocycles. The highest BCUT2D eigenvalue weighted by atomic mass is 16.5. The molecule has 1 atom stereocenters. The average molecular weight is 289 g/mol. The fourth-order valence-electron chi connectivity index (χ4n) is 2.62. The highest BCUT2D eigenvalue weighted by molar-refractivity contribution is 5.91. The Labute approximate surface area is 126 Å². The quantitative estimate of drug-likeness (QED) is 0.866. The van der Waals surface area contributed by atoms with Gasteiger partial charge < -0.3 is 14.7 Å². The van der Waals surface area contributed by atoms with Gasteiger partial charge in [0.2, 0.25) is 5.91 Å². The maximum absolute atomic E-state index is 12.1. The van der Waals surface area contributed by atoms with Crippen molar-refractivity contribution in [1.82, 2.24) is 4.90 Å². The number of rotatable bonds is 4. The Morgan fingerprint density at radius 2 is 2.14 bits per heavy atom. The van der Waals surface area contributed by atoms with Crippen LogP contribution in [0, 0.1) is 5.92 Å². The van der Waals surface area contributed by atoms with Crippen LogP contribution in [0.3, 0.4) is 0 Å². The number of ether oxygens (including phenoxy) is 1. The van der Waals surface area contributed by atoms with E-state index in [-0.39, 0.29) is 12.0 Å². The predicted molar refractivity (Wildman–Crippen MR) is 83.0 cm³/mol. The summed E-state index contributed by atoms with van der Waals surface area (Å²) in [5, 5.41) is 9.57. The van der Waals surface area contributed by atoms with E-state index >= 15 is 0 Å². The number of hydrogen-bond donors (Lipinski definition) is 1. The molecular formula is C17H23NO3. The number of methoxy groups -OCH3 is 1. The van der Waals surface area contributed by atoms with Crippen molar-refractivity contribution in [1.29, 1.82) is 0 Å². The molecule has 0 aromatic heterocycles. The van der Waals surface area contributed by atoms with Crippen LogP contribution >= 0.6 is 0 Å².